The second-order valence-electron chi connectivity index (χ2n) is 3.46. The highest BCUT2D eigenvalue weighted by molar-refractivity contribution is 5.45. The number of aliphatic hydroxyl groups is 1. The van der Waals surface area contributed by atoms with Gasteiger partial charge in [0.2, 0.25) is 0 Å². The topological polar surface area (TPSA) is 62.4 Å². The summed E-state index contributed by atoms with van der Waals surface area (Å²) in [6, 6.07) is 3.79. The maximum atomic E-state index is 8.71. The number of rotatable bonds is 6. The zero-order valence-corrected chi connectivity index (χ0v) is 11.2. The Bertz CT molecular complexity index is 274. The van der Waals surface area contributed by atoms with Crippen molar-refractivity contribution < 1.29 is 5.11 Å². The van der Waals surface area contributed by atoms with Crippen molar-refractivity contribution in [1.82, 2.24) is 4.98 Å². The monoisotopic (exact) mass is 239 g/mol. The highest BCUT2D eigenvalue weighted by atomic mass is 16.2. The van der Waals surface area contributed by atoms with E-state index in [0.29, 0.717) is 5.69 Å². The average molecular weight is 239 g/mol. The number of nitrogen functional groups attached to an aromatic ring is 1. The van der Waals surface area contributed by atoms with Gasteiger partial charge in [0.25, 0.3) is 0 Å². The third-order valence-electron chi connectivity index (χ3n) is 2.31. The molecule has 1 heterocycles. The standard InChI is InChI=1S/C11H19N3O.C2H6/c1-2-14(7-3-4-8-15)11-6-5-10(12)9-13-11;1-2/h5-6,9,15H,2-4,7-8,12H2,1H3;1-2H3. The van der Waals surface area contributed by atoms with Gasteiger partial charge in [-0.2, -0.15) is 0 Å². The molecule has 0 amide bonds. The molecule has 0 bridgehead atoms. The molecule has 0 spiro atoms. The predicted molar refractivity (Wildman–Crippen MR) is 74.2 cm³/mol. The van der Waals surface area contributed by atoms with E-state index in [1.165, 1.54) is 0 Å². The minimum atomic E-state index is 0.257. The van der Waals surface area contributed by atoms with E-state index in [2.05, 4.69) is 16.8 Å². The van der Waals surface area contributed by atoms with Gasteiger partial charge in [-0.25, -0.2) is 4.98 Å². The summed E-state index contributed by atoms with van der Waals surface area (Å²) in [6.07, 6.45) is 3.49. The molecule has 3 N–H and O–H groups in total. The molecule has 1 rings (SSSR count). The van der Waals surface area contributed by atoms with Gasteiger partial charge in [0.05, 0.1) is 11.9 Å². The Balaban J connectivity index is 0.00000121. The maximum absolute atomic E-state index is 8.71. The van der Waals surface area contributed by atoms with E-state index in [1.54, 1.807) is 6.20 Å². The van der Waals surface area contributed by atoms with Crippen molar-refractivity contribution in [2.75, 3.05) is 30.3 Å². The number of hydrogen-bond acceptors (Lipinski definition) is 4. The van der Waals surface area contributed by atoms with Crippen LogP contribution in [-0.4, -0.2) is 29.8 Å². The number of unbranched alkanes of at least 4 members (excludes halogenated alkanes) is 1. The normalized spacial score (nSPS) is 9.41. The summed E-state index contributed by atoms with van der Waals surface area (Å²) in [5, 5.41) is 8.71. The number of nitrogens with zero attached hydrogens (tertiary/aromatic N) is 2. The first kappa shape index (κ1) is 15.7. The summed E-state index contributed by atoms with van der Waals surface area (Å²) >= 11 is 0. The molecule has 0 saturated heterocycles. The van der Waals surface area contributed by atoms with Crippen molar-refractivity contribution in [2.45, 2.75) is 33.6 Å². The third kappa shape index (κ3) is 6.12. The summed E-state index contributed by atoms with van der Waals surface area (Å²) in [5.74, 6) is 0.949. The molecule has 17 heavy (non-hydrogen) atoms. The van der Waals surface area contributed by atoms with Crippen LogP contribution in [0.3, 0.4) is 0 Å². The minimum absolute atomic E-state index is 0.257. The highest BCUT2D eigenvalue weighted by Gasteiger charge is 2.04. The van der Waals surface area contributed by atoms with Gasteiger partial charge in [0, 0.05) is 19.7 Å². The van der Waals surface area contributed by atoms with E-state index in [4.69, 9.17) is 10.8 Å². The first-order valence-corrected chi connectivity index (χ1v) is 6.35. The Kier molecular flexibility index (Phi) is 9.15. The second kappa shape index (κ2) is 9.90. The molecule has 4 heteroatoms. The largest absolute Gasteiger partial charge is 0.397 e. The number of hydrogen-bond donors (Lipinski definition) is 2. The van der Waals surface area contributed by atoms with Gasteiger partial charge >= 0.3 is 0 Å². The summed E-state index contributed by atoms with van der Waals surface area (Å²) in [4.78, 5) is 6.44. The molecule has 1 aromatic rings. The molecule has 0 radical (unpaired) electrons. The lowest BCUT2D eigenvalue weighted by molar-refractivity contribution is 0.285. The van der Waals surface area contributed by atoms with Gasteiger partial charge < -0.3 is 15.7 Å². The molecule has 1 aromatic heterocycles. The highest BCUT2D eigenvalue weighted by Crippen LogP contribution is 2.12. The van der Waals surface area contributed by atoms with Crippen molar-refractivity contribution in [3.63, 3.8) is 0 Å². The number of pyridine rings is 1. The van der Waals surface area contributed by atoms with Gasteiger partial charge in [0.1, 0.15) is 5.82 Å². The van der Waals surface area contributed by atoms with E-state index < -0.39 is 0 Å². The zero-order valence-electron chi connectivity index (χ0n) is 11.2. The Morgan fingerprint density at radius 2 is 2.00 bits per heavy atom. The number of aliphatic hydroxyl groups excluding tert-OH is 1. The fraction of sp³-hybridized carbons (Fsp3) is 0.615. The van der Waals surface area contributed by atoms with Gasteiger partial charge in [0.15, 0.2) is 0 Å². The Morgan fingerprint density at radius 3 is 2.47 bits per heavy atom. The Morgan fingerprint density at radius 1 is 1.29 bits per heavy atom. The predicted octanol–water partition coefficient (Wildman–Crippen LogP) is 2.29. The molecule has 0 unspecified atom stereocenters. The van der Waals surface area contributed by atoms with E-state index in [9.17, 15) is 0 Å². The smallest absolute Gasteiger partial charge is 0.128 e. The number of aromatic nitrogens is 1. The van der Waals surface area contributed by atoms with E-state index in [0.717, 1.165) is 31.7 Å². The number of anilines is 2. The maximum Gasteiger partial charge on any atom is 0.128 e. The minimum Gasteiger partial charge on any atom is -0.397 e. The van der Waals surface area contributed by atoms with Crippen LogP contribution in [-0.2, 0) is 0 Å². The van der Waals surface area contributed by atoms with Crippen molar-refractivity contribution in [2.24, 2.45) is 0 Å². The SMILES string of the molecule is CC.CCN(CCCCO)c1ccc(N)cn1. The first-order chi connectivity index (χ1) is 8.27. The van der Waals surface area contributed by atoms with Crippen LogP contribution in [0.2, 0.25) is 0 Å². The van der Waals surface area contributed by atoms with Crippen molar-refractivity contribution in [3.05, 3.63) is 18.3 Å². The summed E-state index contributed by atoms with van der Waals surface area (Å²) in [6.45, 7) is 8.19. The average Bonchev–Trinajstić information content (AvgIpc) is 2.39. The van der Waals surface area contributed by atoms with Crippen LogP contribution < -0.4 is 10.6 Å². The van der Waals surface area contributed by atoms with Crippen LogP contribution in [0.1, 0.15) is 33.6 Å². The fourth-order valence-corrected chi connectivity index (χ4v) is 1.43. The third-order valence-corrected chi connectivity index (χ3v) is 2.31. The van der Waals surface area contributed by atoms with E-state index >= 15 is 0 Å². The molecule has 98 valence electrons. The quantitative estimate of drug-likeness (QED) is 0.748. The zero-order chi connectivity index (χ0) is 13.1. The second-order valence-corrected chi connectivity index (χ2v) is 3.46. The van der Waals surface area contributed by atoms with Gasteiger partial charge in [-0.15, -0.1) is 0 Å². The van der Waals surface area contributed by atoms with Crippen LogP contribution in [0.15, 0.2) is 18.3 Å². The molecule has 0 saturated carbocycles. The lowest BCUT2D eigenvalue weighted by atomic mass is 10.3. The summed E-state index contributed by atoms with van der Waals surface area (Å²) < 4.78 is 0. The van der Waals surface area contributed by atoms with Crippen molar-refractivity contribution in [3.8, 4) is 0 Å². The summed E-state index contributed by atoms with van der Waals surface area (Å²) in [5.41, 5.74) is 6.26. The van der Waals surface area contributed by atoms with Crippen molar-refractivity contribution in [1.29, 1.82) is 0 Å². The molecule has 4 nitrogen and oxygen atoms in total. The molecule has 0 aliphatic heterocycles. The molecule has 0 aliphatic rings. The molecular weight excluding hydrogens is 214 g/mol. The summed E-state index contributed by atoms with van der Waals surface area (Å²) in [7, 11) is 0. The van der Waals surface area contributed by atoms with Crippen LogP contribution in [0, 0.1) is 0 Å². The Labute approximate surface area is 104 Å². The number of nitrogens with two attached hydrogens (primary N) is 1. The van der Waals surface area contributed by atoms with Gasteiger partial charge in [-0.3, -0.25) is 0 Å². The van der Waals surface area contributed by atoms with Gasteiger partial charge in [-0.1, -0.05) is 13.8 Å². The van der Waals surface area contributed by atoms with Crippen LogP contribution in [0.4, 0.5) is 11.5 Å². The molecule has 0 aliphatic carbocycles. The molecule has 0 aromatic carbocycles. The molecule has 0 fully saturated rings. The van der Waals surface area contributed by atoms with E-state index in [-0.39, 0.29) is 6.61 Å². The van der Waals surface area contributed by atoms with Crippen LogP contribution in [0.5, 0.6) is 0 Å². The molecular formula is C13H25N3O. The van der Waals surface area contributed by atoms with Crippen LogP contribution in [0.25, 0.3) is 0 Å². The fourth-order valence-electron chi connectivity index (χ4n) is 1.43. The lowest BCUT2D eigenvalue weighted by Crippen LogP contribution is -2.25. The van der Waals surface area contributed by atoms with Crippen molar-refractivity contribution >= 4 is 11.5 Å². The van der Waals surface area contributed by atoms with Crippen LogP contribution >= 0.6 is 0 Å². The molecule has 0 atom stereocenters. The van der Waals surface area contributed by atoms with E-state index in [1.807, 2.05) is 26.0 Å². The Hall–Kier alpha value is -1.29. The first-order valence-electron chi connectivity index (χ1n) is 6.35. The van der Waals surface area contributed by atoms with Gasteiger partial charge in [-0.05, 0) is 31.9 Å². The lowest BCUT2D eigenvalue weighted by Gasteiger charge is -2.21.